The highest BCUT2D eigenvalue weighted by Gasteiger charge is 2.21. The van der Waals surface area contributed by atoms with Crippen molar-refractivity contribution in [3.8, 4) is 0 Å². The molecule has 0 aromatic carbocycles. The van der Waals surface area contributed by atoms with E-state index in [4.69, 9.17) is 0 Å². The monoisotopic (exact) mass is 227 g/mol. The van der Waals surface area contributed by atoms with Crippen LogP contribution < -0.4 is 5.32 Å². The van der Waals surface area contributed by atoms with Gasteiger partial charge in [0.15, 0.2) is 0 Å². The molecule has 1 aliphatic carbocycles. The zero-order valence-electron chi connectivity index (χ0n) is 11.0. The lowest BCUT2D eigenvalue weighted by atomic mass is 9.85. The van der Waals surface area contributed by atoms with Gasteiger partial charge in [0.2, 0.25) is 0 Å². The van der Waals surface area contributed by atoms with Gasteiger partial charge in [0.05, 0.1) is 6.10 Å². The molecule has 0 aromatic rings. The van der Waals surface area contributed by atoms with Gasteiger partial charge in [-0.2, -0.15) is 0 Å². The predicted octanol–water partition coefficient (Wildman–Crippen LogP) is 2.95. The summed E-state index contributed by atoms with van der Waals surface area (Å²) in [5.41, 5.74) is 0. The van der Waals surface area contributed by atoms with E-state index in [1.807, 2.05) is 0 Å². The van der Waals surface area contributed by atoms with Gasteiger partial charge in [-0.3, -0.25) is 0 Å². The van der Waals surface area contributed by atoms with E-state index >= 15 is 0 Å². The summed E-state index contributed by atoms with van der Waals surface area (Å²) in [6, 6.07) is 0. The summed E-state index contributed by atoms with van der Waals surface area (Å²) in [5.74, 6) is 1.33. The van der Waals surface area contributed by atoms with Crippen LogP contribution in [0.2, 0.25) is 0 Å². The van der Waals surface area contributed by atoms with Gasteiger partial charge in [-0.25, -0.2) is 0 Å². The summed E-state index contributed by atoms with van der Waals surface area (Å²) in [7, 11) is 0. The summed E-state index contributed by atoms with van der Waals surface area (Å²) in [5, 5.41) is 13.5. The van der Waals surface area contributed by atoms with Crippen LogP contribution in [-0.2, 0) is 0 Å². The molecule has 0 aromatic heterocycles. The van der Waals surface area contributed by atoms with Crippen molar-refractivity contribution >= 4 is 0 Å². The fourth-order valence-corrected chi connectivity index (χ4v) is 2.70. The number of rotatable bonds is 7. The first-order chi connectivity index (χ1) is 7.77. The van der Waals surface area contributed by atoms with Crippen molar-refractivity contribution < 1.29 is 5.11 Å². The molecule has 0 amide bonds. The molecule has 2 nitrogen and oxygen atoms in total. The van der Waals surface area contributed by atoms with E-state index in [2.05, 4.69) is 19.2 Å². The number of hydrogen-bond acceptors (Lipinski definition) is 2. The van der Waals surface area contributed by atoms with E-state index in [0.717, 1.165) is 19.0 Å². The molecule has 2 heteroatoms. The molecule has 0 saturated heterocycles. The highest BCUT2D eigenvalue weighted by molar-refractivity contribution is 4.75. The van der Waals surface area contributed by atoms with Gasteiger partial charge in [-0.05, 0) is 31.2 Å². The van der Waals surface area contributed by atoms with Gasteiger partial charge in [0.1, 0.15) is 0 Å². The molecule has 16 heavy (non-hydrogen) atoms. The predicted molar refractivity (Wildman–Crippen MR) is 69.5 cm³/mol. The van der Waals surface area contributed by atoms with Crippen LogP contribution in [0.15, 0.2) is 0 Å². The Kier molecular flexibility index (Phi) is 7.06. The molecular weight excluding hydrogens is 198 g/mol. The molecule has 96 valence electrons. The lowest BCUT2D eigenvalue weighted by molar-refractivity contribution is 0.0831. The minimum atomic E-state index is -0.116. The zero-order valence-corrected chi connectivity index (χ0v) is 11.0. The Morgan fingerprint density at radius 1 is 1.06 bits per heavy atom. The Hall–Kier alpha value is -0.0800. The van der Waals surface area contributed by atoms with E-state index in [1.165, 1.54) is 44.9 Å². The molecule has 0 aliphatic heterocycles. The molecule has 1 rings (SSSR count). The maximum atomic E-state index is 10.1. The molecule has 0 radical (unpaired) electrons. The first-order valence-corrected chi connectivity index (χ1v) is 7.16. The second kappa shape index (κ2) is 8.08. The second-order valence-corrected chi connectivity index (χ2v) is 5.31. The minimum absolute atomic E-state index is 0.116. The van der Waals surface area contributed by atoms with Gasteiger partial charge >= 0.3 is 0 Å². The third-order valence-corrected chi connectivity index (χ3v) is 4.14. The highest BCUT2D eigenvalue weighted by Crippen LogP contribution is 2.26. The summed E-state index contributed by atoms with van der Waals surface area (Å²) in [6.07, 6.45) is 8.82. The van der Waals surface area contributed by atoms with Crippen LogP contribution in [0.4, 0.5) is 0 Å². The molecule has 1 fully saturated rings. The molecular formula is C14H29NO. The van der Waals surface area contributed by atoms with Gasteiger partial charge in [-0.1, -0.05) is 46.0 Å². The van der Waals surface area contributed by atoms with Crippen LogP contribution in [0.5, 0.6) is 0 Å². The average molecular weight is 227 g/mol. The fraction of sp³-hybridized carbons (Fsp3) is 1.00. The summed E-state index contributed by atoms with van der Waals surface area (Å²) in [6.45, 7) is 6.35. The zero-order chi connectivity index (χ0) is 11.8. The quantitative estimate of drug-likeness (QED) is 0.701. The molecule has 1 aliphatic rings. The van der Waals surface area contributed by atoms with E-state index in [0.29, 0.717) is 5.92 Å². The number of nitrogens with one attached hydrogen (secondary N) is 1. The average Bonchev–Trinajstić information content (AvgIpc) is 2.35. The molecule has 1 atom stereocenters. The smallest absolute Gasteiger partial charge is 0.0692 e. The standard InChI is InChI=1S/C14H29NO/c1-3-12(4-2)10-15-11-14(16)13-8-6-5-7-9-13/h12-16H,3-11H2,1-2H3. The van der Waals surface area contributed by atoms with Crippen molar-refractivity contribution in [2.24, 2.45) is 11.8 Å². The van der Waals surface area contributed by atoms with Gasteiger partial charge in [0, 0.05) is 6.54 Å². The Morgan fingerprint density at radius 2 is 1.69 bits per heavy atom. The largest absolute Gasteiger partial charge is 0.392 e. The molecule has 2 N–H and O–H groups in total. The van der Waals surface area contributed by atoms with Crippen LogP contribution in [0.1, 0.15) is 58.8 Å². The maximum Gasteiger partial charge on any atom is 0.0692 e. The van der Waals surface area contributed by atoms with Crippen LogP contribution in [0.3, 0.4) is 0 Å². The van der Waals surface area contributed by atoms with E-state index in [1.54, 1.807) is 0 Å². The van der Waals surface area contributed by atoms with Crippen LogP contribution in [-0.4, -0.2) is 24.3 Å². The van der Waals surface area contributed by atoms with Crippen LogP contribution in [0.25, 0.3) is 0 Å². The summed E-state index contributed by atoms with van der Waals surface area (Å²) < 4.78 is 0. The number of aliphatic hydroxyl groups is 1. The normalized spacial score (nSPS) is 20.2. The number of hydrogen-bond donors (Lipinski definition) is 2. The minimum Gasteiger partial charge on any atom is -0.392 e. The van der Waals surface area contributed by atoms with E-state index < -0.39 is 0 Å². The van der Waals surface area contributed by atoms with Crippen molar-refractivity contribution in [2.75, 3.05) is 13.1 Å². The van der Waals surface area contributed by atoms with Gasteiger partial charge in [-0.15, -0.1) is 0 Å². The molecule has 0 bridgehead atoms. The molecule has 0 spiro atoms. The Morgan fingerprint density at radius 3 is 2.25 bits per heavy atom. The van der Waals surface area contributed by atoms with Crippen LogP contribution >= 0.6 is 0 Å². The Labute approximate surface area is 101 Å². The van der Waals surface area contributed by atoms with Gasteiger partial charge in [0.25, 0.3) is 0 Å². The van der Waals surface area contributed by atoms with Crippen molar-refractivity contribution in [3.63, 3.8) is 0 Å². The third-order valence-electron chi connectivity index (χ3n) is 4.14. The first kappa shape index (κ1) is 14.0. The van der Waals surface area contributed by atoms with Crippen molar-refractivity contribution in [1.29, 1.82) is 0 Å². The van der Waals surface area contributed by atoms with Crippen molar-refractivity contribution in [2.45, 2.75) is 64.9 Å². The van der Waals surface area contributed by atoms with Crippen LogP contribution in [0, 0.1) is 11.8 Å². The maximum absolute atomic E-state index is 10.1. The lowest BCUT2D eigenvalue weighted by Crippen LogP contribution is -2.36. The van der Waals surface area contributed by atoms with E-state index in [9.17, 15) is 5.11 Å². The third kappa shape index (κ3) is 4.84. The molecule has 0 heterocycles. The molecule has 1 unspecified atom stereocenters. The number of aliphatic hydroxyl groups excluding tert-OH is 1. The SMILES string of the molecule is CCC(CC)CNCC(O)C1CCCCC1. The summed E-state index contributed by atoms with van der Waals surface area (Å²) >= 11 is 0. The van der Waals surface area contributed by atoms with E-state index in [-0.39, 0.29) is 6.10 Å². The first-order valence-electron chi connectivity index (χ1n) is 7.16. The topological polar surface area (TPSA) is 32.3 Å². The highest BCUT2D eigenvalue weighted by atomic mass is 16.3. The molecule has 1 saturated carbocycles. The van der Waals surface area contributed by atoms with Crippen molar-refractivity contribution in [3.05, 3.63) is 0 Å². The fourth-order valence-electron chi connectivity index (χ4n) is 2.70. The Bertz CT molecular complexity index is 162. The summed E-state index contributed by atoms with van der Waals surface area (Å²) in [4.78, 5) is 0. The van der Waals surface area contributed by atoms with Gasteiger partial charge < -0.3 is 10.4 Å². The lowest BCUT2D eigenvalue weighted by Gasteiger charge is -2.27. The Balaban J connectivity index is 2.11. The second-order valence-electron chi connectivity index (χ2n) is 5.31. The van der Waals surface area contributed by atoms with Crippen molar-refractivity contribution in [1.82, 2.24) is 5.32 Å².